The van der Waals surface area contributed by atoms with Gasteiger partial charge in [-0.2, -0.15) is 0 Å². The van der Waals surface area contributed by atoms with E-state index in [9.17, 15) is 0 Å². The van der Waals surface area contributed by atoms with Crippen molar-refractivity contribution in [3.63, 3.8) is 0 Å². The zero-order valence-corrected chi connectivity index (χ0v) is 9.68. The van der Waals surface area contributed by atoms with E-state index in [-0.39, 0.29) is 0 Å². The van der Waals surface area contributed by atoms with Crippen molar-refractivity contribution in [3.05, 3.63) is 12.2 Å². The van der Waals surface area contributed by atoms with Gasteiger partial charge in [-0.15, -0.1) is 6.58 Å². The molecule has 2 heteroatoms. The number of hydrogen-bond acceptors (Lipinski definition) is 2. The molecule has 1 unspecified atom stereocenters. The molecule has 0 aromatic heterocycles. The molecule has 1 N–H and O–H groups in total. The summed E-state index contributed by atoms with van der Waals surface area (Å²) in [6.07, 6.45) is 3.72. The Morgan fingerprint density at radius 2 is 2.29 bits per heavy atom. The maximum atomic E-state index is 3.97. The number of rotatable bonds is 6. The van der Waals surface area contributed by atoms with Crippen LogP contribution in [0.25, 0.3) is 0 Å². The molecule has 0 bridgehead atoms. The summed E-state index contributed by atoms with van der Waals surface area (Å²) in [4.78, 5) is 2.62. The van der Waals surface area contributed by atoms with Gasteiger partial charge in [-0.1, -0.05) is 12.5 Å². The summed E-state index contributed by atoms with van der Waals surface area (Å²) < 4.78 is 0. The van der Waals surface area contributed by atoms with Crippen LogP contribution in [-0.2, 0) is 0 Å². The minimum absolute atomic E-state index is 0.772. The Balaban J connectivity index is 2.33. The van der Waals surface area contributed by atoms with Crippen LogP contribution >= 0.6 is 0 Å². The molecule has 2 nitrogen and oxygen atoms in total. The molecule has 1 saturated heterocycles. The first-order chi connectivity index (χ1) is 6.74. The van der Waals surface area contributed by atoms with E-state index >= 15 is 0 Å². The third kappa shape index (κ3) is 3.81. The van der Waals surface area contributed by atoms with Gasteiger partial charge in [-0.3, -0.25) is 4.90 Å². The lowest BCUT2D eigenvalue weighted by Gasteiger charge is -2.27. The second-order valence-corrected chi connectivity index (χ2v) is 4.39. The summed E-state index contributed by atoms with van der Waals surface area (Å²) in [6.45, 7) is 13.1. The molecular formula is C12H24N2. The molecule has 82 valence electrons. The lowest BCUT2D eigenvalue weighted by molar-refractivity contribution is 0.211. The maximum absolute atomic E-state index is 3.97. The SMILES string of the molecule is C=C(C)CCN(CCC)C1CCNC1. The van der Waals surface area contributed by atoms with Crippen LogP contribution in [0.5, 0.6) is 0 Å². The highest BCUT2D eigenvalue weighted by Gasteiger charge is 2.20. The van der Waals surface area contributed by atoms with Crippen molar-refractivity contribution in [2.75, 3.05) is 26.2 Å². The van der Waals surface area contributed by atoms with E-state index in [1.54, 1.807) is 0 Å². The zero-order chi connectivity index (χ0) is 10.4. The number of hydrogen-bond donors (Lipinski definition) is 1. The second-order valence-electron chi connectivity index (χ2n) is 4.39. The molecule has 0 aromatic carbocycles. The molecule has 1 rings (SSSR count). The standard InChI is InChI=1S/C12H24N2/c1-4-8-14(9-6-11(2)3)12-5-7-13-10-12/h12-13H,2,4-10H2,1,3H3. The van der Waals surface area contributed by atoms with E-state index in [4.69, 9.17) is 0 Å². The predicted molar refractivity (Wildman–Crippen MR) is 62.6 cm³/mol. The van der Waals surface area contributed by atoms with Gasteiger partial charge >= 0.3 is 0 Å². The van der Waals surface area contributed by atoms with E-state index < -0.39 is 0 Å². The Kier molecular flexibility index (Phi) is 5.20. The highest BCUT2D eigenvalue weighted by atomic mass is 15.2. The molecule has 14 heavy (non-hydrogen) atoms. The van der Waals surface area contributed by atoms with Crippen LogP contribution in [0, 0.1) is 0 Å². The Hall–Kier alpha value is -0.340. The van der Waals surface area contributed by atoms with Gasteiger partial charge in [-0.25, -0.2) is 0 Å². The van der Waals surface area contributed by atoms with E-state index in [0.29, 0.717) is 0 Å². The molecule has 1 atom stereocenters. The molecule has 0 saturated carbocycles. The van der Waals surface area contributed by atoms with Gasteiger partial charge in [0, 0.05) is 19.1 Å². The molecule has 0 aromatic rings. The quantitative estimate of drug-likeness (QED) is 0.654. The normalized spacial score (nSPS) is 21.8. The van der Waals surface area contributed by atoms with Crippen LogP contribution in [0.2, 0.25) is 0 Å². The molecule has 0 radical (unpaired) electrons. The summed E-state index contributed by atoms with van der Waals surface area (Å²) in [5.74, 6) is 0. The summed E-state index contributed by atoms with van der Waals surface area (Å²) in [6, 6.07) is 0.772. The van der Waals surface area contributed by atoms with Gasteiger partial charge in [0.15, 0.2) is 0 Å². The van der Waals surface area contributed by atoms with Crippen molar-refractivity contribution in [2.45, 2.75) is 39.2 Å². The molecule has 1 fully saturated rings. The third-order valence-corrected chi connectivity index (χ3v) is 2.89. The summed E-state index contributed by atoms with van der Waals surface area (Å²) in [7, 11) is 0. The van der Waals surface area contributed by atoms with E-state index in [1.807, 2.05) is 0 Å². The van der Waals surface area contributed by atoms with Crippen molar-refractivity contribution in [3.8, 4) is 0 Å². The summed E-state index contributed by atoms with van der Waals surface area (Å²) in [5.41, 5.74) is 1.30. The van der Waals surface area contributed by atoms with Crippen LogP contribution in [0.1, 0.15) is 33.1 Å². The average Bonchev–Trinajstić information content (AvgIpc) is 2.64. The third-order valence-electron chi connectivity index (χ3n) is 2.89. The Labute approximate surface area is 88.4 Å². The molecule has 1 aliphatic rings. The smallest absolute Gasteiger partial charge is 0.0232 e. The molecule has 0 amide bonds. The van der Waals surface area contributed by atoms with Gasteiger partial charge in [0.1, 0.15) is 0 Å². The summed E-state index contributed by atoms with van der Waals surface area (Å²) in [5, 5.41) is 3.43. The average molecular weight is 196 g/mol. The van der Waals surface area contributed by atoms with E-state index in [2.05, 4.69) is 30.6 Å². The van der Waals surface area contributed by atoms with Crippen molar-refractivity contribution in [1.82, 2.24) is 10.2 Å². The van der Waals surface area contributed by atoms with Crippen LogP contribution < -0.4 is 5.32 Å². The fourth-order valence-electron chi connectivity index (χ4n) is 2.05. The highest BCUT2D eigenvalue weighted by Crippen LogP contribution is 2.11. The van der Waals surface area contributed by atoms with Crippen molar-refractivity contribution >= 4 is 0 Å². The van der Waals surface area contributed by atoms with Crippen LogP contribution in [0.3, 0.4) is 0 Å². The van der Waals surface area contributed by atoms with Crippen LogP contribution in [0.4, 0.5) is 0 Å². The molecule has 1 aliphatic heterocycles. The zero-order valence-electron chi connectivity index (χ0n) is 9.68. The fraction of sp³-hybridized carbons (Fsp3) is 0.833. The van der Waals surface area contributed by atoms with E-state index in [0.717, 1.165) is 12.5 Å². The Bertz CT molecular complexity index is 171. The Morgan fingerprint density at radius 1 is 1.50 bits per heavy atom. The van der Waals surface area contributed by atoms with Gasteiger partial charge in [-0.05, 0) is 39.3 Å². The Morgan fingerprint density at radius 3 is 2.79 bits per heavy atom. The lowest BCUT2D eigenvalue weighted by atomic mass is 10.1. The molecule has 0 aliphatic carbocycles. The predicted octanol–water partition coefficient (Wildman–Crippen LogP) is 2.03. The first-order valence-electron chi connectivity index (χ1n) is 5.83. The van der Waals surface area contributed by atoms with Gasteiger partial charge in [0.05, 0.1) is 0 Å². The topological polar surface area (TPSA) is 15.3 Å². The van der Waals surface area contributed by atoms with Crippen molar-refractivity contribution in [2.24, 2.45) is 0 Å². The minimum atomic E-state index is 0.772. The van der Waals surface area contributed by atoms with Crippen LogP contribution in [-0.4, -0.2) is 37.1 Å². The van der Waals surface area contributed by atoms with Gasteiger partial charge < -0.3 is 5.32 Å². The second kappa shape index (κ2) is 6.20. The number of nitrogens with zero attached hydrogens (tertiary/aromatic N) is 1. The van der Waals surface area contributed by atoms with Crippen molar-refractivity contribution in [1.29, 1.82) is 0 Å². The monoisotopic (exact) mass is 196 g/mol. The lowest BCUT2D eigenvalue weighted by Crippen LogP contribution is -2.38. The summed E-state index contributed by atoms with van der Waals surface area (Å²) >= 11 is 0. The first-order valence-corrected chi connectivity index (χ1v) is 5.83. The maximum Gasteiger partial charge on any atom is 0.0232 e. The van der Waals surface area contributed by atoms with Gasteiger partial charge in [0.25, 0.3) is 0 Å². The highest BCUT2D eigenvalue weighted by molar-refractivity contribution is 4.90. The van der Waals surface area contributed by atoms with Crippen molar-refractivity contribution < 1.29 is 0 Å². The first kappa shape index (κ1) is 11.7. The van der Waals surface area contributed by atoms with E-state index in [1.165, 1.54) is 44.6 Å². The number of nitrogens with one attached hydrogen (secondary N) is 1. The van der Waals surface area contributed by atoms with Crippen LogP contribution in [0.15, 0.2) is 12.2 Å². The van der Waals surface area contributed by atoms with Gasteiger partial charge in [0.2, 0.25) is 0 Å². The minimum Gasteiger partial charge on any atom is -0.315 e. The molecule has 0 spiro atoms. The molecule has 1 heterocycles. The fourth-order valence-corrected chi connectivity index (χ4v) is 2.05. The largest absolute Gasteiger partial charge is 0.315 e. The molecular weight excluding hydrogens is 172 g/mol.